The largest absolute Gasteiger partial charge is 0.337 e. The number of carbonyl (C=O) groups excluding carboxylic acids is 1. The second-order valence-electron chi connectivity index (χ2n) is 6.64. The highest BCUT2D eigenvalue weighted by molar-refractivity contribution is 7.11. The van der Waals surface area contributed by atoms with Gasteiger partial charge >= 0.3 is 0 Å². The lowest BCUT2D eigenvalue weighted by atomic mass is 9.89. The van der Waals surface area contributed by atoms with Crippen molar-refractivity contribution < 1.29 is 4.79 Å². The number of piperidine rings is 1. The Labute approximate surface area is 176 Å². The third-order valence-corrected chi connectivity index (χ3v) is 6.51. The van der Waals surface area contributed by atoms with Crippen LogP contribution in [-0.4, -0.2) is 43.2 Å². The van der Waals surface area contributed by atoms with E-state index in [-0.39, 0.29) is 22.5 Å². The van der Waals surface area contributed by atoms with Gasteiger partial charge in [0.2, 0.25) is 0 Å². The smallest absolute Gasteiger partial charge is 0.275 e. The SMILES string of the molecule is Cc1ncc(-c2ccncc2)c(C2CCN(C(=O)c3nsc(Cl)c3Cl)CC2)n1. The summed E-state index contributed by atoms with van der Waals surface area (Å²) < 4.78 is 4.44. The lowest BCUT2D eigenvalue weighted by Crippen LogP contribution is -2.38. The molecule has 3 aromatic rings. The first kappa shape index (κ1) is 19.2. The average Bonchev–Trinajstić information content (AvgIpc) is 3.07. The number of halogens is 2. The maximum Gasteiger partial charge on any atom is 0.275 e. The van der Waals surface area contributed by atoms with Crippen molar-refractivity contribution >= 4 is 40.6 Å². The highest BCUT2D eigenvalue weighted by Crippen LogP contribution is 2.35. The molecule has 0 bridgehead atoms. The van der Waals surface area contributed by atoms with Crippen molar-refractivity contribution in [3.8, 4) is 11.1 Å². The topological polar surface area (TPSA) is 71.9 Å². The van der Waals surface area contributed by atoms with Crippen molar-refractivity contribution in [3.05, 3.63) is 57.3 Å². The third kappa shape index (κ3) is 3.74. The molecule has 1 fully saturated rings. The first-order valence-corrected chi connectivity index (χ1v) is 10.4. The summed E-state index contributed by atoms with van der Waals surface area (Å²) in [6.45, 7) is 3.13. The van der Waals surface area contributed by atoms with Crippen molar-refractivity contribution in [2.45, 2.75) is 25.7 Å². The first-order valence-electron chi connectivity index (χ1n) is 8.88. The van der Waals surface area contributed by atoms with Crippen molar-refractivity contribution in [3.63, 3.8) is 0 Å². The summed E-state index contributed by atoms with van der Waals surface area (Å²) in [6.07, 6.45) is 7.04. The molecule has 144 valence electrons. The van der Waals surface area contributed by atoms with E-state index in [1.807, 2.05) is 25.3 Å². The van der Waals surface area contributed by atoms with E-state index in [1.54, 1.807) is 17.3 Å². The van der Waals surface area contributed by atoms with E-state index in [1.165, 1.54) is 0 Å². The summed E-state index contributed by atoms with van der Waals surface area (Å²) in [7, 11) is 0. The van der Waals surface area contributed by atoms with E-state index in [0.717, 1.165) is 47.0 Å². The van der Waals surface area contributed by atoms with Crippen LogP contribution in [0.25, 0.3) is 11.1 Å². The normalized spacial score (nSPS) is 15.0. The number of pyridine rings is 1. The summed E-state index contributed by atoms with van der Waals surface area (Å²) >= 11 is 13.1. The highest BCUT2D eigenvalue weighted by atomic mass is 35.5. The van der Waals surface area contributed by atoms with Crippen LogP contribution in [0, 0.1) is 6.92 Å². The Hall–Kier alpha value is -2.09. The zero-order valence-corrected chi connectivity index (χ0v) is 17.4. The number of aromatic nitrogens is 4. The van der Waals surface area contributed by atoms with Crippen LogP contribution in [0.4, 0.5) is 0 Å². The molecule has 6 nitrogen and oxygen atoms in total. The van der Waals surface area contributed by atoms with E-state index < -0.39 is 0 Å². The zero-order valence-electron chi connectivity index (χ0n) is 15.1. The molecule has 4 rings (SSSR count). The van der Waals surface area contributed by atoms with E-state index in [9.17, 15) is 4.79 Å². The van der Waals surface area contributed by atoms with Gasteiger partial charge in [-0.1, -0.05) is 23.2 Å². The van der Waals surface area contributed by atoms with Gasteiger partial charge in [-0.25, -0.2) is 9.97 Å². The molecule has 28 heavy (non-hydrogen) atoms. The van der Waals surface area contributed by atoms with Gasteiger partial charge in [-0.15, -0.1) is 0 Å². The number of hydrogen-bond acceptors (Lipinski definition) is 6. The van der Waals surface area contributed by atoms with Gasteiger partial charge in [-0.3, -0.25) is 9.78 Å². The first-order chi connectivity index (χ1) is 13.5. The molecule has 0 unspecified atom stereocenters. The molecule has 4 heterocycles. The van der Waals surface area contributed by atoms with E-state index >= 15 is 0 Å². The Morgan fingerprint density at radius 1 is 1.21 bits per heavy atom. The molecule has 0 saturated carbocycles. The lowest BCUT2D eigenvalue weighted by Gasteiger charge is -2.32. The molecule has 0 atom stereocenters. The van der Waals surface area contributed by atoms with Crippen LogP contribution in [-0.2, 0) is 0 Å². The van der Waals surface area contributed by atoms with Crippen molar-refractivity contribution in [2.75, 3.05) is 13.1 Å². The van der Waals surface area contributed by atoms with Crippen molar-refractivity contribution in [1.29, 1.82) is 0 Å². The molecule has 0 aliphatic carbocycles. The number of rotatable bonds is 3. The van der Waals surface area contributed by atoms with Crippen LogP contribution >= 0.6 is 34.7 Å². The van der Waals surface area contributed by atoms with Crippen molar-refractivity contribution in [1.82, 2.24) is 24.2 Å². The minimum Gasteiger partial charge on any atom is -0.337 e. The maximum absolute atomic E-state index is 12.7. The maximum atomic E-state index is 12.7. The minimum absolute atomic E-state index is 0.167. The molecular formula is C19H17Cl2N5OS. The predicted octanol–water partition coefficient (Wildman–Crippen LogP) is 4.63. The van der Waals surface area contributed by atoms with E-state index in [0.29, 0.717) is 17.4 Å². The van der Waals surface area contributed by atoms with Crippen molar-refractivity contribution in [2.24, 2.45) is 0 Å². The molecule has 1 saturated heterocycles. The van der Waals surface area contributed by atoms with Gasteiger partial charge in [0, 0.05) is 43.2 Å². The summed E-state index contributed by atoms with van der Waals surface area (Å²) in [6, 6.07) is 3.92. The number of nitrogens with zero attached hydrogens (tertiary/aromatic N) is 5. The molecule has 3 aromatic heterocycles. The minimum atomic E-state index is -0.167. The number of likely N-dealkylation sites (tertiary alicyclic amines) is 1. The van der Waals surface area contributed by atoms with Crippen LogP contribution in [0.3, 0.4) is 0 Å². The number of carbonyl (C=O) groups is 1. The van der Waals surface area contributed by atoms with Crippen LogP contribution < -0.4 is 0 Å². The zero-order chi connectivity index (χ0) is 19.7. The summed E-state index contributed by atoms with van der Waals surface area (Å²) in [5.74, 6) is 0.832. The fourth-order valence-corrected chi connectivity index (χ4v) is 4.44. The molecule has 0 N–H and O–H groups in total. The highest BCUT2D eigenvalue weighted by Gasteiger charge is 2.30. The van der Waals surface area contributed by atoms with Gasteiger partial charge < -0.3 is 4.90 Å². The molecule has 1 aliphatic heterocycles. The van der Waals surface area contributed by atoms with Gasteiger partial charge in [0.25, 0.3) is 5.91 Å². The predicted molar refractivity (Wildman–Crippen MR) is 110 cm³/mol. The number of aryl methyl sites for hydroxylation is 1. The van der Waals surface area contributed by atoms with Gasteiger partial charge in [-0.05, 0) is 49.0 Å². The van der Waals surface area contributed by atoms with Crippen LogP contribution in [0.2, 0.25) is 9.36 Å². The lowest BCUT2D eigenvalue weighted by molar-refractivity contribution is 0.0707. The second kappa shape index (κ2) is 8.11. The molecule has 1 aliphatic rings. The Kier molecular flexibility index (Phi) is 5.57. The summed E-state index contributed by atoms with van der Waals surface area (Å²) in [5, 5.41) is 0.241. The quantitative estimate of drug-likeness (QED) is 0.601. The standard InChI is InChI=1S/C19H17Cl2N5OS/c1-11-23-10-14(12-2-6-22-7-3-12)16(24-11)13-4-8-26(9-5-13)19(27)17-15(20)18(21)28-25-17/h2-3,6-7,10,13H,4-5,8-9H2,1H3. The van der Waals surface area contributed by atoms with E-state index in [2.05, 4.69) is 14.3 Å². The third-order valence-electron chi connectivity index (χ3n) is 4.90. The molecular weight excluding hydrogens is 417 g/mol. The molecule has 1 amide bonds. The fourth-order valence-electron chi connectivity index (χ4n) is 3.45. The number of amides is 1. The summed E-state index contributed by atoms with van der Waals surface area (Å²) in [5.41, 5.74) is 3.34. The average molecular weight is 434 g/mol. The Morgan fingerprint density at radius 3 is 2.57 bits per heavy atom. The Bertz CT molecular complexity index is 1000. The molecule has 0 spiro atoms. The Balaban J connectivity index is 1.54. The monoisotopic (exact) mass is 433 g/mol. The molecule has 0 aromatic carbocycles. The van der Waals surface area contributed by atoms with Crippen LogP contribution in [0.15, 0.2) is 30.7 Å². The van der Waals surface area contributed by atoms with Crippen LogP contribution in [0.5, 0.6) is 0 Å². The van der Waals surface area contributed by atoms with Gasteiger partial charge in [0.1, 0.15) is 15.2 Å². The number of hydrogen-bond donors (Lipinski definition) is 0. The van der Waals surface area contributed by atoms with Crippen LogP contribution in [0.1, 0.15) is 40.8 Å². The van der Waals surface area contributed by atoms with Gasteiger partial charge in [0.15, 0.2) is 5.69 Å². The Morgan fingerprint density at radius 2 is 1.93 bits per heavy atom. The van der Waals surface area contributed by atoms with Gasteiger partial charge in [-0.2, -0.15) is 4.37 Å². The summed E-state index contributed by atoms with van der Waals surface area (Å²) in [4.78, 5) is 27.7. The molecule has 0 radical (unpaired) electrons. The van der Waals surface area contributed by atoms with Gasteiger partial charge in [0.05, 0.1) is 5.69 Å². The molecule has 9 heteroatoms. The fraction of sp³-hybridized carbons (Fsp3) is 0.316. The second-order valence-corrected chi connectivity index (χ2v) is 8.39. The van der Waals surface area contributed by atoms with E-state index in [4.69, 9.17) is 28.2 Å².